The van der Waals surface area contributed by atoms with Crippen LogP contribution in [-0.2, 0) is 9.47 Å². The summed E-state index contributed by atoms with van der Waals surface area (Å²) in [6.45, 7) is 4.11. The van der Waals surface area contributed by atoms with Crippen molar-refractivity contribution < 1.29 is 27.4 Å². The number of alkyl halides is 1. The summed E-state index contributed by atoms with van der Waals surface area (Å²) in [6, 6.07) is 2.70. The van der Waals surface area contributed by atoms with Crippen LogP contribution < -0.4 is 10.1 Å². The summed E-state index contributed by atoms with van der Waals surface area (Å²) < 4.78 is 58.5. The first-order valence-corrected chi connectivity index (χ1v) is 10.4. The number of likely N-dealkylation sites (tertiary alicyclic amines) is 1. The van der Waals surface area contributed by atoms with E-state index in [0.717, 1.165) is 58.1 Å². The largest absolute Gasteiger partial charge is 0.490 e. The van der Waals surface area contributed by atoms with E-state index in [-0.39, 0.29) is 37.1 Å². The van der Waals surface area contributed by atoms with Crippen LogP contribution in [0, 0.1) is 11.6 Å². The molecular weight excluding hydrogens is 385 g/mol. The monoisotopic (exact) mass is 412 g/mol. The third kappa shape index (κ3) is 3.76. The fourth-order valence-corrected chi connectivity index (χ4v) is 4.88. The van der Waals surface area contributed by atoms with Crippen molar-refractivity contribution >= 4 is 0 Å². The first kappa shape index (κ1) is 19.6. The zero-order chi connectivity index (χ0) is 20.1. The quantitative estimate of drug-likeness (QED) is 0.805. The molecule has 8 heteroatoms. The molecule has 0 aliphatic carbocycles. The molecule has 4 heterocycles. The lowest BCUT2D eigenvalue weighted by atomic mass is 9.86. The van der Waals surface area contributed by atoms with Crippen LogP contribution in [-0.4, -0.2) is 74.8 Å². The van der Waals surface area contributed by atoms with Gasteiger partial charge in [-0.2, -0.15) is 0 Å². The van der Waals surface area contributed by atoms with E-state index in [1.54, 1.807) is 0 Å². The van der Waals surface area contributed by atoms with Gasteiger partial charge in [0.1, 0.15) is 12.4 Å². The Morgan fingerprint density at radius 3 is 2.45 bits per heavy atom. The number of ether oxygens (including phenoxy) is 3. The Morgan fingerprint density at radius 1 is 1.14 bits per heavy atom. The molecule has 4 aliphatic rings. The number of hydrogen-bond donors (Lipinski definition) is 1. The van der Waals surface area contributed by atoms with Crippen LogP contribution in [0.25, 0.3) is 0 Å². The molecular formula is C21H27F3N2O3. The van der Waals surface area contributed by atoms with Crippen molar-refractivity contribution in [1.29, 1.82) is 0 Å². The number of nitrogens with zero attached hydrogens (tertiary/aromatic N) is 1. The average molecular weight is 412 g/mol. The molecule has 4 fully saturated rings. The van der Waals surface area contributed by atoms with Crippen LogP contribution in [0.4, 0.5) is 13.2 Å². The highest BCUT2D eigenvalue weighted by Gasteiger charge is 2.47. The standard InChI is InChI=1S/C21H27F3N2O3/c22-17-5-16(19(6-18(17)23)28-13-20(24)11-27-12-20)14-1-3-26(4-2-14)15-7-21(29-8-15)9-25-10-21/h5-6,14-15,25H,1-4,7-13H2. The average Bonchev–Trinajstić information content (AvgIpc) is 3.14. The van der Waals surface area contributed by atoms with Gasteiger partial charge in [-0.25, -0.2) is 13.2 Å². The van der Waals surface area contributed by atoms with E-state index in [1.165, 1.54) is 6.07 Å². The molecule has 29 heavy (non-hydrogen) atoms. The van der Waals surface area contributed by atoms with Crippen molar-refractivity contribution in [2.45, 2.75) is 42.5 Å². The molecule has 0 saturated carbocycles. The Labute approximate surface area is 168 Å². The number of rotatable bonds is 5. The summed E-state index contributed by atoms with van der Waals surface area (Å²) in [5.74, 6) is -1.55. The minimum Gasteiger partial charge on any atom is -0.490 e. The van der Waals surface area contributed by atoms with Crippen molar-refractivity contribution in [2.75, 3.05) is 52.6 Å². The van der Waals surface area contributed by atoms with Crippen LogP contribution in [0.15, 0.2) is 12.1 Å². The Balaban J connectivity index is 1.24. The molecule has 0 aromatic heterocycles. The lowest BCUT2D eigenvalue weighted by Crippen LogP contribution is -2.59. The van der Waals surface area contributed by atoms with Crippen LogP contribution >= 0.6 is 0 Å². The normalized spacial score (nSPS) is 28.9. The van der Waals surface area contributed by atoms with E-state index >= 15 is 0 Å². The fraction of sp³-hybridized carbons (Fsp3) is 0.714. The second kappa shape index (κ2) is 7.41. The molecule has 1 atom stereocenters. The summed E-state index contributed by atoms with van der Waals surface area (Å²) in [5, 5.41) is 3.28. The van der Waals surface area contributed by atoms with Gasteiger partial charge in [-0.05, 0) is 44.3 Å². The molecule has 160 valence electrons. The van der Waals surface area contributed by atoms with Crippen LogP contribution in [0.3, 0.4) is 0 Å². The number of benzene rings is 1. The Bertz CT molecular complexity index is 762. The van der Waals surface area contributed by atoms with Crippen molar-refractivity contribution in [1.82, 2.24) is 10.2 Å². The molecule has 5 rings (SSSR count). The molecule has 1 spiro atoms. The first-order chi connectivity index (χ1) is 14.0. The molecule has 0 bridgehead atoms. The van der Waals surface area contributed by atoms with Crippen molar-refractivity contribution in [3.63, 3.8) is 0 Å². The van der Waals surface area contributed by atoms with Crippen LogP contribution in [0.2, 0.25) is 0 Å². The van der Waals surface area contributed by atoms with Gasteiger partial charge in [0.15, 0.2) is 17.3 Å². The maximum Gasteiger partial charge on any atom is 0.190 e. The molecule has 1 unspecified atom stereocenters. The van der Waals surface area contributed by atoms with E-state index in [9.17, 15) is 13.2 Å². The summed E-state index contributed by atoms with van der Waals surface area (Å²) in [5.41, 5.74) is -0.883. The van der Waals surface area contributed by atoms with Crippen molar-refractivity contribution in [2.24, 2.45) is 0 Å². The Morgan fingerprint density at radius 2 is 1.86 bits per heavy atom. The number of piperidine rings is 1. The first-order valence-electron chi connectivity index (χ1n) is 10.4. The number of nitrogens with one attached hydrogen (secondary N) is 1. The number of hydrogen-bond acceptors (Lipinski definition) is 5. The molecule has 4 aliphatic heterocycles. The van der Waals surface area contributed by atoms with E-state index in [0.29, 0.717) is 11.6 Å². The van der Waals surface area contributed by atoms with E-state index < -0.39 is 17.3 Å². The minimum absolute atomic E-state index is 0.0229. The molecule has 1 N–H and O–H groups in total. The second-order valence-electron chi connectivity index (χ2n) is 9.00. The van der Waals surface area contributed by atoms with Crippen molar-refractivity contribution in [3.8, 4) is 5.75 Å². The van der Waals surface area contributed by atoms with E-state index in [1.807, 2.05) is 0 Å². The zero-order valence-electron chi connectivity index (χ0n) is 16.4. The minimum atomic E-state index is -1.54. The third-order valence-corrected chi connectivity index (χ3v) is 6.83. The smallest absolute Gasteiger partial charge is 0.190 e. The summed E-state index contributed by atoms with van der Waals surface area (Å²) in [6.07, 6.45) is 2.70. The SMILES string of the molecule is Fc1cc(OCC2(F)COC2)c(C2CCN(C3COC4(CNC4)C3)CC2)cc1F. The second-order valence-corrected chi connectivity index (χ2v) is 9.00. The van der Waals surface area contributed by atoms with E-state index in [4.69, 9.17) is 14.2 Å². The van der Waals surface area contributed by atoms with Crippen LogP contribution in [0.1, 0.15) is 30.7 Å². The molecule has 4 saturated heterocycles. The van der Waals surface area contributed by atoms with Gasteiger partial charge in [-0.1, -0.05) is 0 Å². The predicted molar refractivity (Wildman–Crippen MR) is 100 cm³/mol. The molecule has 0 amide bonds. The molecule has 0 radical (unpaired) electrons. The third-order valence-electron chi connectivity index (χ3n) is 6.83. The van der Waals surface area contributed by atoms with Gasteiger partial charge in [-0.15, -0.1) is 0 Å². The maximum absolute atomic E-state index is 14.2. The summed E-state index contributed by atoms with van der Waals surface area (Å²) in [4.78, 5) is 2.45. The highest BCUT2D eigenvalue weighted by Crippen LogP contribution is 2.39. The molecule has 1 aromatic carbocycles. The Hall–Kier alpha value is -1.35. The van der Waals surface area contributed by atoms with Gasteiger partial charge >= 0.3 is 0 Å². The lowest BCUT2D eigenvalue weighted by molar-refractivity contribution is -0.146. The van der Waals surface area contributed by atoms with Gasteiger partial charge < -0.3 is 19.5 Å². The van der Waals surface area contributed by atoms with Gasteiger partial charge in [0.05, 0.1) is 25.4 Å². The van der Waals surface area contributed by atoms with Gasteiger partial charge in [0.2, 0.25) is 0 Å². The van der Waals surface area contributed by atoms with Crippen LogP contribution in [0.5, 0.6) is 5.75 Å². The molecule has 1 aromatic rings. The Kier molecular flexibility index (Phi) is 5.01. The lowest BCUT2D eigenvalue weighted by Gasteiger charge is -2.40. The van der Waals surface area contributed by atoms with Crippen molar-refractivity contribution in [3.05, 3.63) is 29.3 Å². The molecule has 5 nitrogen and oxygen atoms in total. The van der Waals surface area contributed by atoms with E-state index in [2.05, 4.69) is 10.2 Å². The highest BCUT2D eigenvalue weighted by atomic mass is 19.2. The predicted octanol–water partition coefficient (Wildman–Crippen LogP) is 2.39. The summed E-state index contributed by atoms with van der Waals surface area (Å²) >= 11 is 0. The maximum atomic E-state index is 14.2. The van der Waals surface area contributed by atoms with Gasteiger partial charge in [0, 0.05) is 30.8 Å². The number of halogens is 3. The fourth-order valence-electron chi connectivity index (χ4n) is 4.88. The van der Waals surface area contributed by atoms with Gasteiger partial charge in [-0.3, -0.25) is 4.90 Å². The van der Waals surface area contributed by atoms with Gasteiger partial charge in [0.25, 0.3) is 0 Å². The summed E-state index contributed by atoms with van der Waals surface area (Å²) in [7, 11) is 0. The highest BCUT2D eigenvalue weighted by molar-refractivity contribution is 5.38. The topological polar surface area (TPSA) is 43.0 Å². The zero-order valence-corrected chi connectivity index (χ0v) is 16.4.